The largest absolute Gasteiger partial charge is 0.463 e. The molecule has 0 radical (unpaired) electrons. The number of nitrogens with zero attached hydrogens (tertiary/aromatic N) is 2. The third kappa shape index (κ3) is 4.22. The van der Waals surface area contributed by atoms with E-state index in [-0.39, 0.29) is 24.4 Å². The fourth-order valence-corrected chi connectivity index (χ4v) is 0.930. The van der Waals surface area contributed by atoms with Crippen molar-refractivity contribution in [1.82, 2.24) is 9.97 Å². The Bertz CT molecular complexity index is 357. The molecule has 1 amide bonds. The Morgan fingerprint density at radius 2 is 2.44 bits per heavy atom. The summed E-state index contributed by atoms with van der Waals surface area (Å²) < 4.78 is 5.25. The Balaban J connectivity index is 2.56. The van der Waals surface area contributed by atoms with Crippen molar-refractivity contribution in [3.05, 3.63) is 12.3 Å². The first-order valence-corrected chi connectivity index (χ1v) is 4.96. The van der Waals surface area contributed by atoms with Gasteiger partial charge in [-0.1, -0.05) is 6.92 Å². The van der Waals surface area contributed by atoms with E-state index in [1.807, 2.05) is 6.92 Å². The molecular weight excluding hydrogens is 210 g/mol. The maximum atomic E-state index is 10.8. The van der Waals surface area contributed by atoms with Crippen molar-refractivity contribution in [3.8, 4) is 6.01 Å². The number of aliphatic hydroxyl groups is 1. The van der Waals surface area contributed by atoms with E-state index in [1.165, 1.54) is 13.1 Å². The maximum Gasteiger partial charge on any atom is 0.318 e. The van der Waals surface area contributed by atoms with Gasteiger partial charge in [-0.05, 0) is 6.07 Å². The smallest absolute Gasteiger partial charge is 0.318 e. The van der Waals surface area contributed by atoms with Gasteiger partial charge in [-0.15, -0.1) is 0 Å². The molecule has 0 aliphatic carbocycles. The summed E-state index contributed by atoms with van der Waals surface area (Å²) in [5, 5.41) is 11.3. The molecule has 1 rings (SSSR count). The lowest BCUT2D eigenvalue weighted by molar-refractivity contribution is -0.114. The zero-order valence-electron chi connectivity index (χ0n) is 9.30. The summed E-state index contributed by atoms with van der Waals surface area (Å²) >= 11 is 0. The first-order chi connectivity index (χ1) is 7.61. The molecular formula is C10H15N3O3. The second-order valence-corrected chi connectivity index (χ2v) is 3.50. The van der Waals surface area contributed by atoms with Crippen LogP contribution in [0.4, 0.5) is 5.82 Å². The molecule has 0 aliphatic rings. The molecule has 0 bridgehead atoms. The average molecular weight is 225 g/mol. The van der Waals surface area contributed by atoms with Crippen LogP contribution in [-0.4, -0.2) is 34.2 Å². The highest BCUT2D eigenvalue weighted by Gasteiger charge is 2.04. The van der Waals surface area contributed by atoms with Crippen LogP contribution in [0.25, 0.3) is 0 Å². The summed E-state index contributed by atoms with van der Waals surface area (Å²) in [6.07, 6.45) is 1.50. The standard InChI is InChI=1S/C10H15N3O3/c1-7(5-14)6-16-10-11-4-3-9(13-10)12-8(2)15/h3-4,7,14H,5-6H2,1-2H3,(H,11,12,13,15). The minimum Gasteiger partial charge on any atom is -0.463 e. The predicted molar refractivity (Wildman–Crippen MR) is 58.1 cm³/mol. The van der Waals surface area contributed by atoms with Crippen LogP contribution in [0, 0.1) is 5.92 Å². The van der Waals surface area contributed by atoms with E-state index >= 15 is 0 Å². The third-order valence-electron chi connectivity index (χ3n) is 1.75. The maximum absolute atomic E-state index is 10.8. The number of aliphatic hydroxyl groups excluding tert-OH is 1. The number of amides is 1. The Labute approximate surface area is 93.7 Å². The number of ether oxygens (including phenoxy) is 1. The molecule has 1 atom stereocenters. The quantitative estimate of drug-likeness (QED) is 0.759. The number of anilines is 1. The van der Waals surface area contributed by atoms with Gasteiger partial charge in [0.2, 0.25) is 5.91 Å². The fourth-order valence-electron chi connectivity index (χ4n) is 0.930. The topological polar surface area (TPSA) is 84.3 Å². The van der Waals surface area contributed by atoms with Crippen molar-refractivity contribution >= 4 is 11.7 Å². The van der Waals surface area contributed by atoms with Gasteiger partial charge < -0.3 is 15.2 Å². The van der Waals surface area contributed by atoms with Crippen LogP contribution in [0.3, 0.4) is 0 Å². The molecule has 0 aliphatic heterocycles. The normalized spacial score (nSPS) is 11.9. The molecule has 88 valence electrons. The van der Waals surface area contributed by atoms with E-state index < -0.39 is 0 Å². The summed E-state index contributed by atoms with van der Waals surface area (Å²) in [7, 11) is 0. The van der Waals surface area contributed by atoms with E-state index in [0.29, 0.717) is 12.4 Å². The van der Waals surface area contributed by atoms with Crippen LogP contribution in [0.1, 0.15) is 13.8 Å². The molecule has 2 N–H and O–H groups in total. The molecule has 0 saturated heterocycles. The zero-order chi connectivity index (χ0) is 12.0. The van der Waals surface area contributed by atoms with Gasteiger partial charge >= 0.3 is 6.01 Å². The van der Waals surface area contributed by atoms with Crippen molar-refractivity contribution in [2.45, 2.75) is 13.8 Å². The highest BCUT2D eigenvalue weighted by Crippen LogP contribution is 2.08. The third-order valence-corrected chi connectivity index (χ3v) is 1.75. The van der Waals surface area contributed by atoms with Crippen LogP contribution in [-0.2, 0) is 4.79 Å². The van der Waals surface area contributed by atoms with Gasteiger partial charge in [0.1, 0.15) is 5.82 Å². The molecule has 6 heteroatoms. The summed E-state index contributed by atoms with van der Waals surface area (Å²) in [5.74, 6) is 0.218. The van der Waals surface area contributed by atoms with E-state index in [9.17, 15) is 4.79 Å². The number of hydrogen-bond acceptors (Lipinski definition) is 5. The lowest BCUT2D eigenvalue weighted by atomic mass is 10.2. The first kappa shape index (κ1) is 12.4. The molecule has 1 unspecified atom stereocenters. The molecule has 16 heavy (non-hydrogen) atoms. The summed E-state index contributed by atoms with van der Waals surface area (Å²) in [6.45, 7) is 3.62. The summed E-state index contributed by atoms with van der Waals surface area (Å²) in [4.78, 5) is 18.7. The van der Waals surface area contributed by atoms with Gasteiger partial charge in [-0.25, -0.2) is 4.98 Å². The van der Waals surface area contributed by atoms with E-state index in [1.54, 1.807) is 6.07 Å². The van der Waals surface area contributed by atoms with Crippen LogP contribution >= 0.6 is 0 Å². The van der Waals surface area contributed by atoms with Crippen molar-refractivity contribution in [3.63, 3.8) is 0 Å². The van der Waals surface area contributed by atoms with Crippen LogP contribution in [0.2, 0.25) is 0 Å². The lowest BCUT2D eigenvalue weighted by Crippen LogP contribution is -2.14. The monoisotopic (exact) mass is 225 g/mol. The van der Waals surface area contributed by atoms with E-state index in [2.05, 4.69) is 15.3 Å². The number of hydrogen-bond donors (Lipinski definition) is 2. The van der Waals surface area contributed by atoms with Crippen molar-refractivity contribution in [1.29, 1.82) is 0 Å². The van der Waals surface area contributed by atoms with E-state index in [0.717, 1.165) is 0 Å². The molecule has 1 heterocycles. The summed E-state index contributed by atoms with van der Waals surface area (Å²) in [5.41, 5.74) is 0. The molecule has 0 fully saturated rings. The highest BCUT2D eigenvalue weighted by atomic mass is 16.5. The van der Waals surface area contributed by atoms with E-state index in [4.69, 9.17) is 9.84 Å². The molecule has 6 nitrogen and oxygen atoms in total. The highest BCUT2D eigenvalue weighted by molar-refractivity contribution is 5.87. The second kappa shape index (κ2) is 6.02. The number of carbonyl (C=O) groups excluding carboxylic acids is 1. The van der Waals surface area contributed by atoms with Crippen LogP contribution in [0.15, 0.2) is 12.3 Å². The number of aromatic nitrogens is 2. The predicted octanol–water partition coefficient (Wildman–Crippen LogP) is 0.442. The second-order valence-electron chi connectivity index (χ2n) is 3.50. The SMILES string of the molecule is CC(=O)Nc1ccnc(OCC(C)CO)n1. The first-order valence-electron chi connectivity index (χ1n) is 4.96. The Hall–Kier alpha value is -1.69. The number of carbonyl (C=O) groups is 1. The number of nitrogens with one attached hydrogen (secondary N) is 1. The van der Waals surface area contributed by atoms with Crippen LogP contribution < -0.4 is 10.1 Å². The van der Waals surface area contributed by atoms with Gasteiger partial charge in [-0.2, -0.15) is 4.98 Å². The fraction of sp³-hybridized carbons (Fsp3) is 0.500. The van der Waals surface area contributed by atoms with Crippen molar-refractivity contribution in [2.24, 2.45) is 5.92 Å². The number of rotatable bonds is 5. The van der Waals surface area contributed by atoms with Crippen molar-refractivity contribution < 1.29 is 14.6 Å². The minimum absolute atomic E-state index is 0.0213. The Kier molecular flexibility index (Phi) is 4.65. The average Bonchev–Trinajstić information content (AvgIpc) is 2.25. The van der Waals surface area contributed by atoms with Gasteiger partial charge in [-0.3, -0.25) is 4.79 Å². The molecule has 0 spiro atoms. The zero-order valence-corrected chi connectivity index (χ0v) is 9.30. The lowest BCUT2D eigenvalue weighted by Gasteiger charge is -2.09. The minimum atomic E-state index is -0.201. The molecule has 1 aromatic heterocycles. The van der Waals surface area contributed by atoms with Gasteiger partial charge in [0.25, 0.3) is 0 Å². The Morgan fingerprint density at radius 3 is 3.06 bits per heavy atom. The van der Waals surface area contributed by atoms with Gasteiger partial charge in [0.05, 0.1) is 6.61 Å². The summed E-state index contributed by atoms with van der Waals surface area (Å²) in [6, 6.07) is 1.76. The van der Waals surface area contributed by atoms with Gasteiger partial charge in [0, 0.05) is 25.6 Å². The molecule has 1 aromatic rings. The van der Waals surface area contributed by atoms with Crippen LogP contribution in [0.5, 0.6) is 6.01 Å². The van der Waals surface area contributed by atoms with Crippen molar-refractivity contribution in [2.75, 3.05) is 18.5 Å². The molecule has 0 aromatic carbocycles. The van der Waals surface area contributed by atoms with Gasteiger partial charge in [0.15, 0.2) is 0 Å². The Morgan fingerprint density at radius 1 is 1.69 bits per heavy atom. The molecule has 0 saturated carbocycles.